The molecule has 0 saturated heterocycles. The van der Waals surface area contributed by atoms with Gasteiger partial charge in [0.1, 0.15) is 12.6 Å². The fraction of sp³-hybridized carbons (Fsp3) is 0.375. The molecule has 0 heterocycles. The highest BCUT2D eigenvalue weighted by atomic mass is 32.2. The zero-order chi connectivity index (χ0) is 25.4. The fourth-order valence-corrected chi connectivity index (χ4v) is 5.03. The number of sulfone groups is 1. The van der Waals surface area contributed by atoms with Gasteiger partial charge in [-0.05, 0) is 31.4 Å². The van der Waals surface area contributed by atoms with Gasteiger partial charge in [0.05, 0.1) is 23.5 Å². The zero-order valence-corrected chi connectivity index (χ0v) is 20.1. The summed E-state index contributed by atoms with van der Waals surface area (Å²) in [4.78, 5) is 36.6. The summed E-state index contributed by atoms with van der Waals surface area (Å²) in [6.07, 6.45) is -1.03. The van der Waals surface area contributed by atoms with Crippen molar-refractivity contribution >= 4 is 27.9 Å². The van der Waals surface area contributed by atoms with Crippen LogP contribution in [0.5, 0.6) is 0 Å². The summed E-state index contributed by atoms with van der Waals surface area (Å²) in [5.41, 5.74) is 1.36. The van der Waals surface area contributed by atoms with Crippen molar-refractivity contribution < 1.29 is 37.4 Å². The molecule has 1 amide bonds. The Morgan fingerprint density at radius 2 is 1.50 bits per heavy atom. The predicted octanol–water partition coefficient (Wildman–Crippen LogP) is 2.59. The average Bonchev–Trinajstić information content (AvgIpc) is 2.81. The molecule has 9 nitrogen and oxygen atoms in total. The van der Waals surface area contributed by atoms with Gasteiger partial charge in [0, 0.05) is 0 Å². The van der Waals surface area contributed by atoms with E-state index < -0.39 is 50.3 Å². The van der Waals surface area contributed by atoms with Gasteiger partial charge in [0.2, 0.25) is 0 Å². The van der Waals surface area contributed by atoms with Gasteiger partial charge in [0.15, 0.2) is 9.84 Å². The Labute approximate surface area is 199 Å². The fourth-order valence-electron chi connectivity index (χ4n) is 3.29. The largest absolute Gasteiger partial charge is 0.481 e. The maximum Gasteiger partial charge on any atom is 0.408 e. The van der Waals surface area contributed by atoms with Crippen molar-refractivity contribution in [3.8, 4) is 0 Å². The molecule has 2 aromatic carbocycles. The standard InChI is InChI=1S/C24H29NO8S/c1-24(2,34(30,31)16-19(21(26)27)14-17-10-6-4-7-11-17)20(22(28)32-3)25-23(29)33-15-18-12-8-5-9-13-18/h4-13,19-20H,14-16H2,1-3H3,(H,25,29)(H,26,27)/t19?,20-/m0/s1. The third-order valence-electron chi connectivity index (χ3n) is 5.50. The minimum atomic E-state index is -4.24. The van der Waals surface area contributed by atoms with Crippen LogP contribution in [0.4, 0.5) is 4.79 Å². The van der Waals surface area contributed by atoms with Crippen LogP contribution in [0.1, 0.15) is 25.0 Å². The van der Waals surface area contributed by atoms with Gasteiger partial charge in [-0.25, -0.2) is 18.0 Å². The third-order valence-corrected chi connectivity index (χ3v) is 8.18. The number of hydrogen-bond acceptors (Lipinski definition) is 7. The van der Waals surface area contributed by atoms with Gasteiger partial charge < -0.3 is 19.9 Å². The van der Waals surface area contributed by atoms with Gasteiger partial charge in [-0.1, -0.05) is 60.7 Å². The number of aliphatic carboxylic acids is 1. The molecule has 0 radical (unpaired) electrons. The Kier molecular flexibility index (Phi) is 9.19. The summed E-state index contributed by atoms with van der Waals surface area (Å²) >= 11 is 0. The maximum absolute atomic E-state index is 13.3. The van der Waals surface area contributed by atoms with Crippen LogP contribution in [0, 0.1) is 5.92 Å². The molecule has 2 atom stereocenters. The van der Waals surface area contributed by atoms with Crippen molar-refractivity contribution in [2.24, 2.45) is 5.92 Å². The molecule has 2 rings (SSSR count). The second-order valence-corrected chi connectivity index (χ2v) is 10.9. The van der Waals surface area contributed by atoms with E-state index in [1.807, 2.05) is 0 Å². The van der Waals surface area contributed by atoms with Gasteiger partial charge in [-0.15, -0.1) is 0 Å². The van der Waals surface area contributed by atoms with E-state index >= 15 is 0 Å². The highest BCUT2D eigenvalue weighted by Crippen LogP contribution is 2.26. The highest BCUT2D eigenvalue weighted by Gasteiger charge is 2.48. The second-order valence-electron chi connectivity index (χ2n) is 8.27. The smallest absolute Gasteiger partial charge is 0.408 e. The number of carbonyl (C=O) groups excluding carboxylic acids is 2. The minimum Gasteiger partial charge on any atom is -0.481 e. The van der Waals surface area contributed by atoms with E-state index in [1.165, 1.54) is 13.8 Å². The number of hydrogen-bond donors (Lipinski definition) is 2. The maximum atomic E-state index is 13.3. The normalized spacial score (nSPS) is 13.4. The molecule has 2 N–H and O–H groups in total. The minimum absolute atomic E-state index is 0.0130. The van der Waals surface area contributed by atoms with Crippen molar-refractivity contribution in [2.45, 2.75) is 37.7 Å². The molecule has 0 bridgehead atoms. The van der Waals surface area contributed by atoms with Gasteiger partial charge in [-0.2, -0.15) is 0 Å². The van der Waals surface area contributed by atoms with Crippen molar-refractivity contribution in [1.82, 2.24) is 5.32 Å². The van der Waals surface area contributed by atoms with E-state index in [0.29, 0.717) is 11.1 Å². The van der Waals surface area contributed by atoms with Gasteiger partial charge in [0.25, 0.3) is 0 Å². The number of alkyl carbamates (subject to hydrolysis) is 1. The first-order chi connectivity index (χ1) is 16.0. The van der Waals surface area contributed by atoms with Crippen LogP contribution in [0.15, 0.2) is 60.7 Å². The first kappa shape index (κ1) is 26.8. The molecule has 0 aliphatic heterocycles. The molecule has 184 valence electrons. The van der Waals surface area contributed by atoms with Gasteiger partial charge >= 0.3 is 18.0 Å². The lowest BCUT2D eigenvalue weighted by Gasteiger charge is -2.33. The zero-order valence-electron chi connectivity index (χ0n) is 19.3. The van der Waals surface area contributed by atoms with E-state index in [9.17, 15) is 27.9 Å². The number of ether oxygens (including phenoxy) is 2. The molecule has 0 aliphatic carbocycles. The summed E-state index contributed by atoms with van der Waals surface area (Å²) in [7, 11) is -3.18. The van der Waals surface area contributed by atoms with Gasteiger partial charge in [-0.3, -0.25) is 4.79 Å². The predicted molar refractivity (Wildman–Crippen MR) is 125 cm³/mol. The molecular weight excluding hydrogens is 462 g/mol. The summed E-state index contributed by atoms with van der Waals surface area (Å²) in [6.45, 7) is 2.39. The highest BCUT2D eigenvalue weighted by molar-refractivity contribution is 7.92. The van der Waals surface area contributed by atoms with E-state index in [0.717, 1.165) is 7.11 Å². The Hall–Kier alpha value is -3.40. The molecule has 10 heteroatoms. The molecule has 2 aromatic rings. The molecule has 34 heavy (non-hydrogen) atoms. The molecule has 0 spiro atoms. The van der Waals surface area contributed by atoms with E-state index in [4.69, 9.17) is 9.47 Å². The number of carboxylic acids is 1. The van der Waals surface area contributed by atoms with Crippen molar-refractivity contribution in [2.75, 3.05) is 12.9 Å². The SMILES string of the molecule is COC(=O)[C@H](NC(=O)OCc1ccccc1)C(C)(C)S(=O)(=O)CC(Cc1ccccc1)C(=O)O. The molecule has 0 aliphatic rings. The van der Waals surface area contributed by atoms with Crippen LogP contribution < -0.4 is 5.32 Å². The lowest BCUT2D eigenvalue weighted by atomic mass is 10.0. The van der Waals surface area contributed by atoms with Crippen LogP contribution >= 0.6 is 0 Å². The van der Waals surface area contributed by atoms with Crippen LogP contribution in [0.3, 0.4) is 0 Å². The molecular formula is C24H29NO8S. The lowest BCUT2D eigenvalue weighted by Crippen LogP contribution is -2.59. The number of methoxy groups -OCH3 is 1. The monoisotopic (exact) mass is 491 g/mol. The first-order valence-corrected chi connectivity index (χ1v) is 12.2. The number of amides is 1. The Bertz CT molecular complexity index is 1080. The number of rotatable bonds is 11. The van der Waals surface area contributed by atoms with E-state index in [-0.39, 0.29) is 13.0 Å². The topological polar surface area (TPSA) is 136 Å². The molecule has 0 saturated carbocycles. The summed E-state index contributed by atoms with van der Waals surface area (Å²) < 4.78 is 34.6. The van der Waals surface area contributed by atoms with Crippen molar-refractivity contribution in [3.05, 3.63) is 71.8 Å². The lowest BCUT2D eigenvalue weighted by molar-refractivity contribution is -0.143. The van der Waals surface area contributed by atoms with Crippen LogP contribution in [-0.2, 0) is 41.9 Å². The number of nitrogens with one attached hydrogen (secondary N) is 1. The average molecular weight is 492 g/mol. The molecule has 0 aromatic heterocycles. The third kappa shape index (κ3) is 7.05. The Morgan fingerprint density at radius 3 is 2.00 bits per heavy atom. The first-order valence-electron chi connectivity index (χ1n) is 10.5. The number of esters is 1. The Morgan fingerprint density at radius 1 is 0.971 bits per heavy atom. The van der Waals surface area contributed by atoms with Crippen molar-refractivity contribution in [3.63, 3.8) is 0 Å². The van der Waals surface area contributed by atoms with Crippen LogP contribution in [-0.4, -0.2) is 55.2 Å². The van der Waals surface area contributed by atoms with Crippen LogP contribution in [0.2, 0.25) is 0 Å². The van der Waals surface area contributed by atoms with Crippen LogP contribution in [0.25, 0.3) is 0 Å². The van der Waals surface area contributed by atoms with E-state index in [2.05, 4.69) is 5.32 Å². The number of carboxylic acid groups (broad SMARTS) is 1. The second kappa shape index (κ2) is 11.6. The number of benzene rings is 2. The van der Waals surface area contributed by atoms with E-state index in [1.54, 1.807) is 60.7 Å². The number of carbonyl (C=O) groups is 3. The molecule has 0 fully saturated rings. The summed E-state index contributed by atoms with van der Waals surface area (Å²) in [6, 6.07) is 15.8. The molecule has 1 unspecified atom stereocenters. The summed E-state index contributed by atoms with van der Waals surface area (Å²) in [5.74, 6) is -4.28. The quantitative estimate of drug-likeness (QED) is 0.458. The van der Waals surface area contributed by atoms with Crippen molar-refractivity contribution in [1.29, 1.82) is 0 Å². The Balaban J connectivity index is 2.20. The summed E-state index contributed by atoms with van der Waals surface area (Å²) in [5, 5.41) is 11.9.